The number of nitrogens with one attached hydrogen (secondary N) is 1. The first-order valence-corrected chi connectivity index (χ1v) is 9.79. The van der Waals surface area contributed by atoms with Gasteiger partial charge in [0.25, 0.3) is 11.5 Å². The highest BCUT2D eigenvalue weighted by atomic mass is 32.1. The number of H-pyrrole nitrogens is 1. The molecule has 5 rings (SSSR count). The number of amides is 1. The summed E-state index contributed by atoms with van der Waals surface area (Å²) in [5.74, 6) is -0.149. The summed E-state index contributed by atoms with van der Waals surface area (Å²) in [7, 11) is 0. The first-order chi connectivity index (χ1) is 14.1. The number of aliphatic hydroxyl groups is 1. The van der Waals surface area contributed by atoms with Crippen molar-refractivity contribution in [3.8, 4) is 11.4 Å². The largest absolute Gasteiger partial charge is 0.382 e. The number of hydrogen-bond donors (Lipinski definition) is 2. The van der Waals surface area contributed by atoms with Gasteiger partial charge in [-0.05, 0) is 23.3 Å². The Hall–Kier alpha value is -3.49. The summed E-state index contributed by atoms with van der Waals surface area (Å²) in [6.45, 7) is 0. The van der Waals surface area contributed by atoms with E-state index in [0.717, 1.165) is 22.5 Å². The van der Waals surface area contributed by atoms with E-state index < -0.39 is 12.0 Å². The van der Waals surface area contributed by atoms with Crippen LogP contribution >= 0.6 is 11.3 Å². The number of aromatic amines is 1. The lowest BCUT2D eigenvalue weighted by molar-refractivity contribution is 0.101. The van der Waals surface area contributed by atoms with Gasteiger partial charge in [-0.3, -0.25) is 14.6 Å². The number of fused-ring (bicyclic) bond motifs is 2. The molecule has 1 aliphatic carbocycles. The van der Waals surface area contributed by atoms with Gasteiger partial charge in [0, 0.05) is 29.8 Å². The van der Waals surface area contributed by atoms with Gasteiger partial charge in [0.05, 0.1) is 11.1 Å². The third-order valence-corrected chi connectivity index (χ3v) is 5.85. The highest BCUT2D eigenvalue weighted by molar-refractivity contribution is 7.13. The molecular formula is C21H14N4O3S. The zero-order chi connectivity index (χ0) is 20.0. The molecule has 0 saturated heterocycles. The number of carbonyl (C=O) groups is 1. The van der Waals surface area contributed by atoms with Crippen molar-refractivity contribution in [1.82, 2.24) is 15.0 Å². The summed E-state index contributed by atoms with van der Waals surface area (Å²) >= 11 is 1.12. The van der Waals surface area contributed by atoms with Crippen LogP contribution in [0.25, 0.3) is 22.3 Å². The molecule has 142 valence electrons. The fourth-order valence-corrected chi connectivity index (χ4v) is 4.32. The number of aliphatic imine (C=N–C) groups is 1. The summed E-state index contributed by atoms with van der Waals surface area (Å²) < 4.78 is 0. The number of aromatic nitrogens is 3. The lowest BCUT2D eigenvalue weighted by Gasteiger charge is -2.04. The molecule has 0 aliphatic heterocycles. The molecule has 2 N–H and O–H groups in total. The van der Waals surface area contributed by atoms with Gasteiger partial charge >= 0.3 is 0 Å². The first-order valence-electron chi connectivity index (χ1n) is 8.91. The molecule has 1 unspecified atom stereocenters. The Labute approximate surface area is 168 Å². The molecule has 1 aliphatic rings. The van der Waals surface area contributed by atoms with Crippen LogP contribution in [0.15, 0.2) is 64.0 Å². The number of nitrogens with zero attached hydrogens (tertiary/aromatic N) is 3. The van der Waals surface area contributed by atoms with Crippen molar-refractivity contribution < 1.29 is 9.90 Å². The van der Waals surface area contributed by atoms with Gasteiger partial charge in [-0.25, -0.2) is 9.98 Å². The van der Waals surface area contributed by atoms with Gasteiger partial charge in [0.15, 0.2) is 0 Å². The Morgan fingerprint density at radius 1 is 1.21 bits per heavy atom. The van der Waals surface area contributed by atoms with Crippen molar-refractivity contribution >= 4 is 33.9 Å². The van der Waals surface area contributed by atoms with Crippen LogP contribution < -0.4 is 5.56 Å². The Morgan fingerprint density at radius 2 is 2.00 bits per heavy atom. The number of aliphatic hydroxyl groups excluding tert-OH is 1. The summed E-state index contributed by atoms with van der Waals surface area (Å²) in [5.41, 5.74) is 2.80. The van der Waals surface area contributed by atoms with Crippen LogP contribution in [0.5, 0.6) is 0 Å². The van der Waals surface area contributed by atoms with Crippen molar-refractivity contribution in [2.24, 2.45) is 4.99 Å². The third kappa shape index (κ3) is 2.98. The van der Waals surface area contributed by atoms with Crippen molar-refractivity contribution in [2.75, 3.05) is 0 Å². The SMILES string of the molecule is O=C(N=C1Cc2ccccc2C1O)c1scc2c(=O)[nH]c(-c3ccncc3)nc12. The molecule has 0 radical (unpaired) electrons. The van der Waals surface area contributed by atoms with E-state index in [2.05, 4.69) is 19.9 Å². The topological polar surface area (TPSA) is 108 Å². The minimum Gasteiger partial charge on any atom is -0.382 e. The Balaban J connectivity index is 1.56. The smallest absolute Gasteiger partial charge is 0.289 e. The number of benzene rings is 1. The van der Waals surface area contributed by atoms with Gasteiger partial charge in [0.2, 0.25) is 0 Å². The molecule has 3 aromatic heterocycles. The van der Waals surface area contributed by atoms with E-state index in [1.54, 1.807) is 29.9 Å². The summed E-state index contributed by atoms with van der Waals surface area (Å²) in [6.07, 6.45) is 2.72. The first kappa shape index (κ1) is 17.6. The number of thiophene rings is 1. The van der Waals surface area contributed by atoms with Gasteiger partial charge in [-0.1, -0.05) is 24.3 Å². The van der Waals surface area contributed by atoms with E-state index in [4.69, 9.17) is 0 Å². The van der Waals surface area contributed by atoms with Crippen LogP contribution in [0.1, 0.15) is 26.9 Å². The molecule has 0 spiro atoms. The zero-order valence-corrected chi connectivity index (χ0v) is 15.8. The minimum atomic E-state index is -0.898. The Kier molecular flexibility index (Phi) is 4.15. The van der Waals surface area contributed by atoms with Gasteiger partial charge in [0.1, 0.15) is 22.3 Å². The van der Waals surface area contributed by atoms with E-state index in [9.17, 15) is 14.7 Å². The quantitative estimate of drug-likeness (QED) is 0.536. The van der Waals surface area contributed by atoms with Crippen LogP contribution in [0.4, 0.5) is 0 Å². The standard InChI is InChI=1S/C21H14N4O3S/c26-17-13-4-2-1-3-12(13)9-15(17)23-21(28)18-16-14(10-29-18)20(27)25-19(24-16)11-5-7-22-8-6-11/h1-8,10,17,26H,9H2,(H,24,25,27). The molecule has 1 amide bonds. The van der Waals surface area contributed by atoms with E-state index in [-0.39, 0.29) is 10.4 Å². The molecule has 1 aromatic carbocycles. The lowest BCUT2D eigenvalue weighted by atomic mass is 10.1. The molecule has 0 saturated carbocycles. The average molecular weight is 402 g/mol. The number of pyridine rings is 1. The molecular weight excluding hydrogens is 388 g/mol. The van der Waals surface area contributed by atoms with E-state index in [1.165, 1.54) is 0 Å². The third-order valence-electron chi connectivity index (χ3n) is 4.90. The molecule has 0 fully saturated rings. The monoisotopic (exact) mass is 402 g/mol. The molecule has 4 aromatic rings. The number of rotatable bonds is 2. The molecule has 1 atom stereocenters. The maximum Gasteiger partial charge on any atom is 0.289 e. The van der Waals surface area contributed by atoms with Gasteiger partial charge in [-0.2, -0.15) is 0 Å². The molecule has 8 heteroatoms. The van der Waals surface area contributed by atoms with E-state index in [1.807, 2.05) is 24.3 Å². The fraction of sp³-hybridized carbons (Fsp3) is 0.0952. The second-order valence-electron chi connectivity index (χ2n) is 6.66. The van der Waals surface area contributed by atoms with Crippen LogP contribution in [-0.2, 0) is 6.42 Å². The second-order valence-corrected chi connectivity index (χ2v) is 7.54. The maximum atomic E-state index is 12.9. The van der Waals surface area contributed by atoms with Crippen LogP contribution in [-0.4, -0.2) is 31.7 Å². The lowest BCUT2D eigenvalue weighted by Crippen LogP contribution is -2.11. The zero-order valence-electron chi connectivity index (χ0n) is 15.0. The summed E-state index contributed by atoms with van der Waals surface area (Å²) in [4.78, 5) is 41.0. The van der Waals surface area contributed by atoms with Gasteiger partial charge < -0.3 is 10.1 Å². The fourth-order valence-electron chi connectivity index (χ4n) is 3.45. The van der Waals surface area contributed by atoms with Crippen LogP contribution in [0.2, 0.25) is 0 Å². The predicted octanol–water partition coefficient (Wildman–Crippen LogP) is 2.92. The van der Waals surface area contributed by atoms with Crippen molar-refractivity contribution in [3.05, 3.63) is 80.5 Å². The molecule has 29 heavy (non-hydrogen) atoms. The van der Waals surface area contributed by atoms with Crippen molar-refractivity contribution in [2.45, 2.75) is 12.5 Å². The average Bonchev–Trinajstić information content (AvgIpc) is 3.31. The van der Waals surface area contributed by atoms with Crippen LogP contribution in [0.3, 0.4) is 0 Å². The molecule has 7 nitrogen and oxygen atoms in total. The Morgan fingerprint density at radius 3 is 2.79 bits per heavy atom. The molecule has 3 heterocycles. The normalized spacial score (nSPS) is 17.0. The Bertz CT molecular complexity index is 1340. The minimum absolute atomic E-state index is 0.275. The predicted molar refractivity (Wildman–Crippen MR) is 110 cm³/mol. The van der Waals surface area contributed by atoms with E-state index in [0.29, 0.717) is 34.4 Å². The molecule has 0 bridgehead atoms. The van der Waals surface area contributed by atoms with Gasteiger partial charge in [-0.15, -0.1) is 11.3 Å². The number of hydrogen-bond acceptors (Lipinski definition) is 6. The second kappa shape index (κ2) is 6.84. The number of carbonyl (C=O) groups excluding carboxylic acids is 1. The highest BCUT2D eigenvalue weighted by Gasteiger charge is 2.28. The van der Waals surface area contributed by atoms with Crippen LogP contribution in [0, 0.1) is 0 Å². The maximum absolute atomic E-state index is 12.9. The highest BCUT2D eigenvalue weighted by Crippen LogP contribution is 2.30. The van der Waals surface area contributed by atoms with Crippen molar-refractivity contribution in [3.63, 3.8) is 0 Å². The van der Waals surface area contributed by atoms with E-state index >= 15 is 0 Å². The van der Waals surface area contributed by atoms with Crippen molar-refractivity contribution in [1.29, 1.82) is 0 Å². The summed E-state index contributed by atoms with van der Waals surface area (Å²) in [6, 6.07) is 10.9. The summed E-state index contributed by atoms with van der Waals surface area (Å²) in [5, 5.41) is 12.4.